The number of allylic oxidation sites excluding steroid dienone is 4. The van der Waals surface area contributed by atoms with Crippen LogP contribution in [0.4, 0.5) is 0 Å². The highest BCUT2D eigenvalue weighted by molar-refractivity contribution is 8.05. The minimum absolute atomic E-state index is 0.109. The molecule has 100 valence electrons. The highest BCUT2D eigenvalue weighted by atomic mass is 32.2. The van der Waals surface area contributed by atoms with Gasteiger partial charge in [-0.1, -0.05) is 23.3 Å². The zero-order valence-electron chi connectivity index (χ0n) is 12.1. The van der Waals surface area contributed by atoms with E-state index in [2.05, 4.69) is 45.2 Å². The van der Waals surface area contributed by atoms with Crippen LogP contribution in [0.25, 0.3) is 0 Å². The van der Waals surface area contributed by atoms with Crippen molar-refractivity contribution in [2.75, 3.05) is 0 Å². The van der Waals surface area contributed by atoms with Crippen LogP contribution in [-0.2, 0) is 0 Å². The van der Waals surface area contributed by atoms with Gasteiger partial charge in [-0.25, -0.2) is 0 Å². The van der Waals surface area contributed by atoms with Gasteiger partial charge in [-0.3, -0.25) is 0 Å². The van der Waals surface area contributed by atoms with Gasteiger partial charge in [0.05, 0.1) is 0 Å². The average molecular weight is 263 g/mol. The summed E-state index contributed by atoms with van der Waals surface area (Å²) in [6, 6.07) is 0. The van der Waals surface area contributed by atoms with E-state index in [1.807, 2.05) is 0 Å². The SMILES string of the molecule is CC(C)=CCC[C@](C)(SC#N)[C@H]1CC=C(C)CC1. The molecule has 2 atom stereocenters. The van der Waals surface area contributed by atoms with Gasteiger partial charge < -0.3 is 0 Å². The van der Waals surface area contributed by atoms with Crippen LogP contribution in [-0.4, -0.2) is 4.75 Å². The zero-order valence-corrected chi connectivity index (χ0v) is 12.9. The minimum atomic E-state index is 0.109. The molecule has 1 rings (SSSR count). The van der Waals surface area contributed by atoms with Crippen molar-refractivity contribution in [3.05, 3.63) is 23.3 Å². The summed E-state index contributed by atoms with van der Waals surface area (Å²) in [6.45, 7) is 8.77. The molecule has 0 saturated carbocycles. The smallest absolute Gasteiger partial charge is 0.133 e. The normalized spacial score (nSPS) is 22.6. The van der Waals surface area contributed by atoms with Gasteiger partial charge in [0.15, 0.2) is 0 Å². The molecule has 0 heterocycles. The molecule has 18 heavy (non-hydrogen) atoms. The van der Waals surface area contributed by atoms with Crippen LogP contribution < -0.4 is 0 Å². The molecule has 0 aromatic rings. The third-order valence-corrected chi connectivity index (χ3v) is 5.07. The Morgan fingerprint density at radius 2 is 2.33 bits per heavy atom. The van der Waals surface area contributed by atoms with E-state index < -0.39 is 0 Å². The topological polar surface area (TPSA) is 23.8 Å². The maximum Gasteiger partial charge on any atom is 0.133 e. The molecule has 0 amide bonds. The van der Waals surface area contributed by atoms with Crippen molar-refractivity contribution in [1.29, 1.82) is 5.26 Å². The third kappa shape index (κ3) is 4.53. The first-order valence-corrected chi connectivity index (χ1v) is 7.65. The Bertz CT molecular complexity index is 371. The van der Waals surface area contributed by atoms with Crippen molar-refractivity contribution < 1.29 is 0 Å². The fourth-order valence-corrected chi connectivity index (χ4v) is 3.42. The minimum Gasteiger partial charge on any atom is -0.185 e. The van der Waals surface area contributed by atoms with Crippen LogP contribution in [0.1, 0.15) is 59.8 Å². The number of rotatable bonds is 5. The van der Waals surface area contributed by atoms with Gasteiger partial charge in [0.2, 0.25) is 0 Å². The molecule has 0 N–H and O–H groups in total. The number of hydrogen-bond donors (Lipinski definition) is 0. The summed E-state index contributed by atoms with van der Waals surface area (Å²) < 4.78 is 0.109. The summed E-state index contributed by atoms with van der Waals surface area (Å²) in [6.07, 6.45) is 10.4. The predicted molar refractivity (Wildman–Crippen MR) is 81.4 cm³/mol. The molecule has 1 aliphatic carbocycles. The van der Waals surface area contributed by atoms with Crippen molar-refractivity contribution in [3.63, 3.8) is 0 Å². The summed E-state index contributed by atoms with van der Waals surface area (Å²) in [5, 5.41) is 11.4. The van der Waals surface area contributed by atoms with Crippen LogP contribution in [0.3, 0.4) is 0 Å². The van der Waals surface area contributed by atoms with Gasteiger partial charge >= 0.3 is 0 Å². The van der Waals surface area contributed by atoms with Crippen LogP contribution >= 0.6 is 11.8 Å². The fourth-order valence-electron chi connectivity index (χ4n) is 2.61. The summed E-state index contributed by atoms with van der Waals surface area (Å²) in [5.41, 5.74) is 2.89. The summed E-state index contributed by atoms with van der Waals surface area (Å²) in [4.78, 5) is 0. The Balaban J connectivity index is 2.68. The van der Waals surface area contributed by atoms with E-state index in [0.717, 1.165) is 19.3 Å². The second-order valence-electron chi connectivity index (χ2n) is 5.85. The third-order valence-electron chi connectivity index (χ3n) is 3.97. The summed E-state index contributed by atoms with van der Waals surface area (Å²) in [7, 11) is 0. The first-order valence-electron chi connectivity index (χ1n) is 6.84. The summed E-state index contributed by atoms with van der Waals surface area (Å²) in [5.74, 6) is 0.649. The van der Waals surface area contributed by atoms with Crippen molar-refractivity contribution in [3.8, 4) is 5.40 Å². The summed E-state index contributed by atoms with van der Waals surface area (Å²) >= 11 is 1.49. The van der Waals surface area contributed by atoms with E-state index in [9.17, 15) is 0 Å². The lowest BCUT2D eigenvalue weighted by molar-refractivity contribution is 0.349. The lowest BCUT2D eigenvalue weighted by Gasteiger charge is -2.36. The molecule has 0 aliphatic heterocycles. The second kappa shape index (κ2) is 7.04. The molecule has 0 aromatic heterocycles. The van der Waals surface area contributed by atoms with Gasteiger partial charge in [-0.15, -0.1) is 0 Å². The Kier molecular flexibility index (Phi) is 6.02. The van der Waals surface area contributed by atoms with Gasteiger partial charge in [0, 0.05) is 4.75 Å². The number of nitriles is 1. The van der Waals surface area contributed by atoms with Crippen LogP contribution in [0.15, 0.2) is 23.3 Å². The molecule has 0 fully saturated rings. The van der Waals surface area contributed by atoms with E-state index in [0.29, 0.717) is 5.92 Å². The van der Waals surface area contributed by atoms with Crippen molar-refractivity contribution >= 4 is 11.8 Å². The predicted octanol–water partition coefficient (Wildman–Crippen LogP) is 5.45. The molecule has 0 radical (unpaired) electrons. The molecule has 0 aromatic carbocycles. The van der Waals surface area contributed by atoms with E-state index in [-0.39, 0.29) is 4.75 Å². The van der Waals surface area contributed by atoms with E-state index in [1.54, 1.807) is 0 Å². The van der Waals surface area contributed by atoms with Crippen LogP contribution in [0, 0.1) is 16.6 Å². The largest absolute Gasteiger partial charge is 0.185 e. The molecule has 0 unspecified atom stereocenters. The molecule has 0 bridgehead atoms. The maximum atomic E-state index is 9.08. The first-order chi connectivity index (χ1) is 8.48. The van der Waals surface area contributed by atoms with Crippen molar-refractivity contribution in [2.24, 2.45) is 5.92 Å². The van der Waals surface area contributed by atoms with Crippen molar-refractivity contribution in [1.82, 2.24) is 0 Å². The number of hydrogen-bond acceptors (Lipinski definition) is 2. The van der Waals surface area contributed by atoms with Gasteiger partial charge in [-0.05, 0) is 77.5 Å². The lowest BCUT2D eigenvalue weighted by Crippen LogP contribution is -2.31. The molecular weight excluding hydrogens is 238 g/mol. The standard InChI is InChI=1S/C16H25NS/c1-13(2)6-5-11-16(4,18-12-17)15-9-7-14(3)8-10-15/h6-7,15H,5,8-11H2,1-4H3/t15-,16-/m0/s1. The van der Waals surface area contributed by atoms with Gasteiger partial charge in [0.25, 0.3) is 0 Å². The molecule has 2 heteroatoms. The van der Waals surface area contributed by atoms with Crippen LogP contribution in [0.2, 0.25) is 0 Å². The van der Waals surface area contributed by atoms with Crippen LogP contribution in [0.5, 0.6) is 0 Å². The van der Waals surface area contributed by atoms with Crippen molar-refractivity contribution in [2.45, 2.75) is 64.5 Å². The quantitative estimate of drug-likeness (QED) is 0.486. The number of thiocyanates is 1. The monoisotopic (exact) mass is 263 g/mol. The number of thioether (sulfide) groups is 1. The fraction of sp³-hybridized carbons (Fsp3) is 0.688. The van der Waals surface area contributed by atoms with E-state index >= 15 is 0 Å². The average Bonchev–Trinajstić information content (AvgIpc) is 2.29. The lowest BCUT2D eigenvalue weighted by atomic mass is 9.79. The Labute approximate surface area is 116 Å². The first kappa shape index (κ1) is 15.4. The van der Waals surface area contributed by atoms with Gasteiger partial charge in [-0.2, -0.15) is 5.26 Å². The highest BCUT2D eigenvalue weighted by Gasteiger charge is 2.34. The van der Waals surface area contributed by atoms with E-state index in [1.165, 1.54) is 35.7 Å². The molecule has 0 spiro atoms. The molecular formula is C16H25NS. The Morgan fingerprint density at radius 1 is 1.61 bits per heavy atom. The zero-order chi connectivity index (χ0) is 13.6. The Morgan fingerprint density at radius 3 is 2.83 bits per heavy atom. The molecule has 1 aliphatic rings. The maximum absolute atomic E-state index is 9.08. The molecule has 1 nitrogen and oxygen atoms in total. The van der Waals surface area contributed by atoms with E-state index in [4.69, 9.17) is 5.26 Å². The number of nitrogens with zero attached hydrogens (tertiary/aromatic N) is 1. The Hall–Kier alpha value is -0.680. The molecule has 0 saturated heterocycles. The van der Waals surface area contributed by atoms with Gasteiger partial charge in [0.1, 0.15) is 5.40 Å². The second-order valence-corrected chi connectivity index (χ2v) is 7.17. The highest BCUT2D eigenvalue weighted by Crippen LogP contribution is 2.43.